The van der Waals surface area contributed by atoms with Crippen molar-refractivity contribution in [1.29, 1.82) is 0 Å². The molecule has 0 saturated heterocycles. The summed E-state index contributed by atoms with van der Waals surface area (Å²) in [5.41, 5.74) is 2.23. The minimum Gasteiger partial charge on any atom is -0.497 e. The van der Waals surface area contributed by atoms with Crippen LogP contribution in [0.25, 0.3) is 0 Å². The summed E-state index contributed by atoms with van der Waals surface area (Å²) in [5.74, 6) is 2.73. The molecule has 35 heavy (non-hydrogen) atoms. The predicted molar refractivity (Wildman–Crippen MR) is 133 cm³/mol. The maximum Gasteiger partial charge on any atom is 0.287 e. The monoisotopic (exact) mass is 492 g/mol. The van der Waals surface area contributed by atoms with Gasteiger partial charge in [-0.3, -0.25) is 4.79 Å². The molecule has 0 aliphatic rings. The Morgan fingerprint density at radius 3 is 2.51 bits per heavy atom. The van der Waals surface area contributed by atoms with Gasteiger partial charge in [-0.15, -0.1) is 10.2 Å². The Balaban J connectivity index is 1.52. The molecule has 1 atom stereocenters. The summed E-state index contributed by atoms with van der Waals surface area (Å²) in [7, 11) is 5.15. The highest BCUT2D eigenvalue weighted by Gasteiger charge is 2.24. The van der Waals surface area contributed by atoms with E-state index in [9.17, 15) is 4.79 Å². The fourth-order valence-electron chi connectivity index (χ4n) is 3.63. The molecule has 2 aromatic heterocycles. The molecule has 0 aliphatic heterocycles. The molecular weight excluding hydrogens is 464 g/mol. The second kappa shape index (κ2) is 11.7. The van der Waals surface area contributed by atoms with Gasteiger partial charge in [0.25, 0.3) is 5.91 Å². The summed E-state index contributed by atoms with van der Waals surface area (Å²) in [5, 5.41) is 12.7. The highest BCUT2D eigenvalue weighted by molar-refractivity contribution is 7.98. The number of hydrogen-bond acceptors (Lipinski definition) is 7. The second-order valence-corrected chi connectivity index (χ2v) is 8.89. The largest absolute Gasteiger partial charge is 0.497 e. The van der Waals surface area contributed by atoms with Gasteiger partial charge in [-0.2, -0.15) is 0 Å². The van der Waals surface area contributed by atoms with Crippen molar-refractivity contribution in [2.75, 3.05) is 14.2 Å². The van der Waals surface area contributed by atoms with Crippen molar-refractivity contribution in [3.63, 3.8) is 0 Å². The van der Waals surface area contributed by atoms with Crippen LogP contribution in [0.3, 0.4) is 0 Å². The maximum atomic E-state index is 13.0. The standard InChI is InChI=1S/C26H28N4O4S/c1-30-24(28-29-26(30)35-17-19-9-11-20(33-3)12-10-19)22(15-18-7-5-4-6-8-18)27-25(31)23-14-13-21(34-23)16-32-2/h4-14,22H,15-17H2,1-3H3,(H,27,31)/t22-/m0/s1. The zero-order valence-electron chi connectivity index (χ0n) is 19.9. The Hall–Kier alpha value is -3.56. The molecule has 0 saturated carbocycles. The average Bonchev–Trinajstić information content (AvgIpc) is 3.50. The summed E-state index contributed by atoms with van der Waals surface area (Å²) in [6.45, 7) is 0.304. The van der Waals surface area contributed by atoms with Gasteiger partial charge in [-0.05, 0) is 41.8 Å². The van der Waals surface area contributed by atoms with Gasteiger partial charge in [0, 0.05) is 19.9 Å². The van der Waals surface area contributed by atoms with Crippen molar-refractivity contribution < 1.29 is 18.7 Å². The fourth-order valence-corrected chi connectivity index (χ4v) is 4.50. The Morgan fingerprint density at radius 2 is 1.80 bits per heavy atom. The molecule has 1 N–H and O–H groups in total. The maximum absolute atomic E-state index is 13.0. The molecular formula is C26H28N4O4S. The first-order valence-electron chi connectivity index (χ1n) is 11.1. The van der Waals surface area contributed by atoms with Crippen LogP contribution in [0.5, 0.6) is 5.75 Å². The second-order valence-electron chi connectivity index (χ2n) is 7.95. The third-order valence-corrected chi connectivity index (χ3v) is 6.56. The first-order chi connectivity index (χ1) is 17.1. The third-order valence-electron chi connectivity index (χ3n) is 5.47. The van der Waals surface area contributed by atoms with Crippen LogP contribution in [-0.2, 0) is 30.6 Å². The highest BCUT2D eigenvalue weighted by atomic mass is 32.2. The minimum absolute atomic E-state index is 0.228. The molecule has 0 bridgehead atoms. The number of amides is 1. The van der Waals surface area contributed by atoms with E-state index in [1.165, 1.54) is 0 Å². The van der Waals surface area contributed by atoms with E-state index < -0.39 is 6.04 Å². The van der Waals surface area contributed by atoms with Crippen LogP contribution in [0.2, 0.25) is 0 Å². The molecule has 4 rings (SSSR count). The van der Waals surface area contributed by atoms with Crippen molar-refractivity contribution in [1.82, 2.24) is 20.1 Å². The van der Waals surface area contributed by atoms with Crippen molar-refractivity contribution in [3.05, 3.63) is 95.2 Å². The first-order valence-corrected chi connectivity index (χ1v) is 12.1. The van der Waals surface area contributed by atoms with E-state index in [4.69, 9.17) is 13.9 Å². The number of thioether (sulfide) groups is 1. The number of nitrogens with zero attached hydrogens (tertiary/aromatic N) is 3. The zero-order valence-corrected chi connectivity index (χ0v) is 20.7. The van der Waals surface area contributed by atoms with Gasteiger partial charge in [0.2, 0.25) is 0 Å². The van der Waals surface area contributed by atoms with E-state index in [-0.39, 0.29) is 11.7 Å². The number of carbonyl (C=O) groups excluding carboxylic acids is 1. The molecule has 8 nitrogen and oxygen atoms in total. The van der Waals surface area contributed by atoms with Crippen molar-refractivity contribution in [3.8, 4) is 5.75 Å². The van der Waals surface area contributed by atoms with Crippen molar-refractivity contribution >= 4 is 17.7 Å². The van der Waals surface area contributed by atoms with Crippen molar-refractivity contribution in [2.45, 2.75) is 30.0 Å². The summed E-state index contributed by atoms with van der Waals surface area (Å²) >= 11 is 1.59. The molecule has 1 amide bonds. The molecule has 0 fully saturated rings. The number of hydrogen-bond donors (Lipinski definition) is 1. The van der Waals surface area contributed by atoms with Crippen LogP contribution >= 0.6 is 11.8 Å². The summed E-state index contributed by atoms with van der Waals surface area (Å²) in [6, 6.07) is 20.9. The van der Waals surface area contributed by atoms with Gasteiger partial charge in [0.05, 0.1) is 13.2 Å². The van der Waals surface area contributed by atoms with Crippen LogP contribution in [0.15, 0.2) is 76.3 Å². The molecule has 0 aliphatic carbocycles. The Labute approximate surface area is 208 Å². The number of ether oxygens (including phenoxy) is 2. The number of furan rings is 1. The lowest BCUT2D eigenvalue weighted by atomic mass is 10.1. The number of rotatable bonds is 11. The van der Waals surface area contributed by atoms with E-state index >= 15 is 0 Å². The summed E-state index contributed by atoms with van der Waals surface area (Å²) in [6.07, 6.45) is 0.563. The first kappa shape index (κ1) is 24.6. The molecule has 9 heteroatoms. The Morgan fingerprint density at radius 1 is 1.03 bits per heavy atom. The van der Waals surface area contributed by atoms with E-state index in [2.05, 4.69) is 15.5 Å². The van der Waals surface area contributed by atoms with Crippen LogP contribution < -0.4 is 10.1 Å². The normalized spacial score (nSPS) is 11.9. The lowest BCUT2D eigenvalue weighted by molar-refractivity contribution is 0.0897. The van der Waals surface area contributed by atoms with Gasteiger partial charge in [-0.1, -0.05) is 54.2 Å². The quantitative estimate of drug-likeness (QED) is 0.307. The number of carbonyl (C=O) groups is 1. The lowest BCUT2D eigenvalue weighted by Gasteiger charge is -2.18. The lowest BCUT2D eigenvalue weighted by Crippen LogP contribution is -2.31. The van der Waals surface area contributed by atoms with E-state index in [0.717, 1.165) is 27.8 Å². The molecule has 2 aromatic carbocycles. The summed E-state index contributed by atoms with van der Waals surface area (Å²) < 4.78 is 17.9. The molecule has 2 heterocycles. The van der Waals surface area contributed by atoms with Gasteiger partial charge in [0.1, 0.15) is 18.1 Å². The molecule has 0 radical (unpaired) electrons. The number of methoxy groups -OCH3 is 2. The van der Waals surface area contributed by atoms with Crippen LogP contribution in [0.4, 0.5) is 0 Å². The number of aromatic nitrogens is 3. The smallest absolute Gasteiger partial charge is 0.287 e. The zero-order chi connectivity index (χ0) is 24.6. The Kier molecular flexibility index (Phi) is 8.23. The van der Waals surface area contributed by atoms with Gasteiger partial charge in [0.15, 0.2) is 16.7 Å². The summed E-state index contributed by atoms with van der Waals surface area (Å²) in [4.78, 5) is 13.0. The third kappa shape index (κ3) is 6.32. The van der Waals surface area contributed by atoms with Crippen LogP contribution in [0.1, 0.15) is 39.3 Å². The molecule has 182 valence electrons. The SMILES string of the molecule is COCc1ccc(C(=O)N[C@@H](Cc2ccccc2)c2nnc(SCc3ccc(OC)cc3)n2C)o1. The molecule has 0 spiro atoms. The number of nitrogens with one attached hydrogen (secondary N) is 1. The van der Waals surface area contributed by atoms with E-state index in [0.29, 0.717) is 24.6 Å². The van der Waals surface area contributed by atoms with E-state index in [1.807, 2.05) is 66.2 Å². The van der Waals surface area contributed by atoms with Crippen molar-refractivity contribution in [2.24, 2.45) is 7.05 Å². The minimum atomic E-state index is -0.395. The topological polar surface area (TPSA) is 91.4 Å². The average molecular weight is 493 g/mol. The molecule has 0 unspecified atom stereocenters. The van der Waals surface area contributed by atoms with Crippen LogP contribution in [0, 0.1) is 0 Å². The van der Waals surface area contributed by atoms with E-state index in [1.54, 1.807) is 38.1 Å². The molecule has 4 aromatic rings. The van der Waals surface area contributed by atoms with Crippen LogP contribution in [-0.4, -0.2) is 34.9 Å². The van der Waals surface area contributed by atoms with Gasteiger partial charge < -0.3 is 23.8 Å². The fraction of sp³-hybridized carbons (Fsp3) is 0.269. The predicted octanol–water partition coefficient (Wildman–Crippen LogP) is 4.57. The van der Waals surface area contributed by atoms with Gasteiger partial charge >= 0.3 is 0 Å². The Bertz CT molecular complexity index is 1240. The number of benzene rings is 2. The van der Waals surface area contributed by atoms with Gasteiger partial charge in [-0.25, -0.2) is 0 Å². The highest BCUT2D eigenvalue weighted by Crippen LogP contribution is 2.26.